The second-order valence-electron chi connectivity index (χ2n) is 3.04. The Bertz CT molecular complexity index is 104. The Kier molecular flexibility index (Phi) is 5.86. The fourth-order valence-corrected chi connectivity index (χ4v) is 4.16. The molecule has 0 rings (SSSR count). The van der Waals surface area contributed by atoms with Gasteiger partial charge in [-0.1, -0.05) is 12.2 Å². The maximum atomic E-state index is 2.35. The Hall–Kier alpha value is 0.170. The zero-order valence-electron chi connectivity index (χ0n) is 8.43. The molecule has 0 nitrogen and oxygen atoms in total. The van der Waals surface area contributed by atoms with E-state index in [1.165, 1.54) is 24.6 Å². The van der Waals surface area contributed by atoms with E-state index in [1.54, 1.807) is 0 Å². The minimum atomic E-state index is -0.542. The first-order valence-electron chi connectivity index (χ1n) is 4.71. The van der Waals surface area contributed by atoms with Gasteiger partial charge in [-0.25, -0.2) is 0 Å². The van der Waals surface area contributed by atoms with Crippen LogP contribution in [0.1, 0.15) is 27.7 Å². The lowest BCUT2D eigenvalue weighted by Gasteiger charge is -2.21. The van der Waals surface area contributed by atoms with Crippen molar-refractivity contribution < 1.29 is 0 Å². The van der Waals surface area contributed by atoms with Crippen LogP contribution in [0.2, 0.25) is 0 Å². The van der Waals surface area contributed by atoms with Crippen LogP contribution in [-0.2, 0) is 0 Å². The summed E-state index contributed by atoms with van der Waals surface area (Å²) >= 11 is 0. The molecule has 0 aromatic carbocycles. The molecule has 0 aromatic rings. The van der Waals surface area contributed by atoms with Crippen LogP contribution in [0.15, 0.2) is 12.2 Å². The van der Waals surface area contributed by atoms with Crippen LogP contribution >= 0.6 is 7.26 Å². The number of rotatable bonds is 5. The third-order valence-electron chi connectivity index (χ3n) is 2.74. The van der Waals surface area contributed by atoms with E-state index in [1.807, 2.05) is 0 Å². The average Bonchev–Trinajstić information content (AvgIpc) is 2.08. The van der Waals surface area contributed by atoms with Gasteiger partial charge in [0.2, 0.25) is 0 Å². The molecule has 0 bridgehead atoms. The van der Waals surface area contributed by atoms with Gasteiger partial charge in [-0.15, -0.1) is 0 Å². The van der Waals surface area contributed by atoms with Crippen LogP contribution in [0.4, 0.5) is 0 Å². The minimum Gasteiger partial charge on any atom is -0.0881 e. The summed E-state index contributed by atoms with van der Waals surface area (Å²) in [5.74, 6) is 0. The van der Waals surface area contributed by atoms with Gasteiger partial charge in [-0.2, -0.15) is 0 Å². The van der Waals surface area contributed by atoms with Crippen LogP contribution in [0.25, 0.3) is 0 Å². The minimum absolute atomic E-state index is 0.542. The molecule has 1 heteroatoms. The van der Waals surface area contributed by atoms with E-state index in [4.69, 9.17) is 0 Å². The molecule has 0 unspecified atom stereocenters. The molecule has 0 radical (unpaired) electrons. The van der Waals surface area contributed by atoms with E-state index >= 15 is 0 Å². The second kappa shape index (κ2) is 5.77. The van der Waals surface area contributed by atoms with Crippen molar-refractivity contribution in [2.45, 2.75) is 27.7 Å². The Labute approximate surface area is 72.4 Å². The van der Waals surface area contributed by atoms with Crippen LogP contribution in [0, 0.1) is 0 Å². The van der Waals surface area contributed by atoms with Crippen LogP contribution < -0.4 is 0 Å². The third-order valence-corrected chi connectivity index (χ3v) is 7.75. The van der Waals surface area contributed by atoms with E-state index in [2.05, 4.69) is 39.8 Å². The molecule has 0 amide bonds. The third kappa shape index (κ3) is 3.38. The summed E-state index contributed by atoms with van der Waals surface area (Å²) in [6.45, 7) is 9.18. The highest BCUT2D eigenvalue weighted by molar-refractivity contribution is 7.75. The summed E-state index contributed by atoms with van der Waals surface area (Å²) in [5, 5.41) is 0. The van der Waals surface area contributed by atoms with E-state index in [9.17, 15) is 0 Å². The second-order valence-corrected chi connectivity index (χ2v) is 7.99. The van der Waals surface area contributed by atoms with Gasteiger partial charge >= 0.3 is 0 Å². The molecule has 0 N–H and O–H groups in total. The summed E-state index contributed by atoms with van der Waals surface area (Å²) < 4.78 is 0. The molecular formula is C10H22P+. The predicted octanol–water partition coefficient (Wildman–Crippen LogP) is 3.64. The van der Waals surface area contributed by atoms with Gasteiger partial charge < -0.3 is 0 Å². The van der Waals surface area contributed by atoms with Crippen LogP contribution in [-0.4, -0.2) is 24.6 Å². The number of hydrogen-bond donors (Lipinski definition) is 0. The molecule has 0 saturated carbocycles. The fourth-order valence-electron chi connectivity index (χ4n) is 1.39. The highest BCUT2D eigenvalue weighted by Crippen LogP contribution is 2.57. The molecule has 11 heavy (non-hydrogen) atoms. The molecule has 66 valence electrons. The largest absolute Gasteiger partial charge is 0.0881 e. The van der Waals surface area contributed by atoms with Crippen molar-refractivity contribution in [1.82, 2.24) is 0 Å². The van der Waals surface area contributed by atoms with E-state index in [0.717, 1.165) is 0 Å². The number of hydrogen-bond acceptors (Lipinski definition) is 0. The summed E-state index contributed by atoms with van der Waals surface area (Å²) in [5.41, 5.74) is 0. The molecular weight excluding hydrogens is 151 g/mol. The van der Waals surface area contributed by atoms with Gasteiger partial charge in [0.05, 0.1) is 24.6 Å². The summed E-state index contributed by atoms with van der Waals surface area (Å²) in [7, 11) is -0.542. The van der Waals surface area contributed by atoms with Gasteiger partial charge in [0.1, 0.15) is 0 Å². The normalized spacial score (nSPS) is 12.7. The lowest BCUT2D eigenvalue weighted by Crippen LogP contribution is -2.05. The summed E-state index contributed by atoms with van der Waals surface area (Å²) in [6, 6.07) is 0. The van der Waals surface area contributed by atoms with Crippen molar-refractivity contribution in [3.63, 3.8) is 0 Å². The molecule has 0 aliphatic carbocycles. The molecule has 0 spiro atoms. The van der Waals surface area contributed by atoms with Gasteiger partial charge in [0, 0.05) is 7.26 Å². The smallest absolute Gasteiger partial charge is 0.0773 e. The van der Waals surface area contributed by atoms with Crippen molar-refractivity contribution in [1.29, 1.82) is 0 Å². The molecule has 0 atom stereocenters. The summed E-state index contributed by atoms with van der Waals surface area (Å²) in [6.07, 6.45) is 10.2. The first kappa shape index (κ1) is 11.2. The lowest BCUT2D eigenvalue weighted by molar-refractivity contribution is 1.28. The topological polar surface area (TPSA) is 0 Å². The van der Waals surface area contributed by atoms with Crippen molar-refractivity contribution in [2.24, 2.45) is 0 Å². The average molecular weight is 173 g/mol. The maximum absolute atomic E-state index is 2.35. The van der Waals surface area contributed by atoms with Gasteiger partial charge in [0.15, 0.2) is 0 Å². The summed E-state index contributed by atoms with van der Waals surface area (Å²) in [4.78, 5) is 0. The highest BCUT2D eigenvalue weighted by Gasteiger charge is 2.28. The zero-order valence-corrected chi connectivity index (χ0v) is 9.32. The predicted molar refractivity (Wildman–Crippen MR) is 58.2 cm³/mol. The van der Waals surface area contributed by atoms with Crippen LogP contribution in [0.5, 0.6) is 0 Å². The quantitative estimate of drug-likeness (QED) is 0.440. The monoisotopic (exact) mass is 173 g/mol. The van der Waals surface area contributed by atoms with E-state index in [-0.39, 0.29) is 0 Å². The Morgan fingerprint density at radius 3 is 1.73 bits per heavy atom. The highest BCUT2D eigenvalue weighted by atomic mass is 31.2. The van der Waals surface area contributed by atoms with Crippen molar-refractivity contribution in [2.75, 3.05) is 24.6 Å². The zero-order chi connectivity index (χ0) is 8.74. The maximum Gasteiger partial charge on any atom is 0.0773 e. The Morgan fingerprint density at radius 1 is 1.00 bits per heavy atom. The lowest BCUT2D eigenvalue weighted by atomic mass is 10.6. The number of allylic oxidation sites excluding steroid dienone is 2. The van der Waals surface area contributed by atoms with Crippen molar-refractivity contribution in [3.05, 3.63) is 12.2 Å². The van der Waals surface area contributed by atoms with E-state index < -0.39 is 7.26 Å². The Morgan fingerprint density at radius 2 is 1.45 bits per heavy atom. The standard InChI is InChI=1S/C10H22P/c1-5-9-10-11(6-2,7-3)8-4/h5,9H,6-8,10H2,1-4H3/q+1. The SMILES string of the molecule is CC=CC[P+](CC)(CC)CC. The molecule has 0 aliphatic rings. The molecule has 0 saturated heterocycles. The molecule has 0 aromatic heterocycles. The molecule has 0 fully saturated rings. The first-order valence-corrected chi connectivity index (χ1v) is 7.23. The molecule has 0 aliphatic heterocycles. The Balaban J connectivity index is 4.04. The first-order chi connectivity index (χ1) is 5.24. The van der Waals surface area contributed by atoms with Gasteiger partial charge in [-0.3, -0.25) is 0 Å². The fraction of sp³-hybridized carbons (Fsp3) is 0.800. The molecule has 0 heterocycles. The van der Waals surface area contributed by atoms with Crippen LogP contribution in [0.3, 0.4) is 0 Å². The van der Waals surface area contributed by atoms with Crippen molar-refractivity contribution in [3.8, 4) is 0 Å². The van der Waals surface area contributed by atoms with Gasteiger partial charge in [0.25, 0.3) is 0 Å². The van der Waals surface area contributed by atoms with E-state index in [0.29, 0.717) is 0 Å². The van der Waals surface area contributed by atoms with Crippen molar-refractivity contribution >= 4 is 7.26 Å². The van der Waals surface area contributed by atoms with Gasteiger partial charge in [-0.05, 0) is 27.7 Å².